The molecule has 260 valence electrons. The number of hydrogen-bond donors (Lipinski definition) is 2. The van der Waals surface area contributed by atoms with Crippen molar-refractivity contribution in [3.63, 3.8) is 0 Å². The smallest absolute Gasteiger partial charge is 0.309 e. The lowest BCUT2D eigenvalue weighted by Crippen LogP contribution is -3.00. The van der Waals surface area contributed by atoms with Crippen molar-refractivity contribution in [2.75, 3.05) is 46.2 Å². The lowest BCUT2D eigenvalue weighted by Gasteiger charge is -2.31. The lowest BCUT2D eigenvalue weighted by molar-refractivity contribution is -0.873. The molecule has 0 saturated heterocycles. The van der Waals surface area contributed by atoms with Crippen molar-refractivity contribution in [2.45, 2.75) is 90.9 Å². The number of carbonyl (C=O) groups excluding carboxylic acids is 4. The molecular formula is C34H50ClN5O7. The zero-order valence-corrected chi connectivity index (χ0v) is 29.4. The van der Waals surface area contributed by atoms with Crippen LogP contribution in [-0.4, -0.2) is 97.0 Å². The number of nitrogens with zero attached hydrogens (tertiary/aromatic N) is 3. The zero-order chi connectivity index (χ0) is 33.8. The molecule has 2 aliphatic rings. The van der Waals surface area contributed by atoms with E-state index in [1.165, 1.54) is 6.92 Å². The molecule has 1 unspecified atom stereocenters. The van der Waals surface area contributed by atoms with Crippen LogP contribution in [0.4, 0.5) is 5.69 Å². The number of esters is 2. The van der Waals surface area contributed by atoms with E-state index in [1.54, 1.807) is 6.07 Å². The number of quaternary nitrogens is 1. The number of halogens is 1. The number of ether oxygens (including phenoxy) is 3. The van der Waals surface area contributed by atoms with Gasteiger partial charge in [0.05, 0.1) is 68.5 Å². The normalized spacial score (nSPS) is 19.6. The summed E-state index contributed by atoms with van der Waals surface area (Å²) in [6, 6.07) is 5.54. The van der Waals surface area contributed by atoms with Crippen LogP contribution in [0.5, 0.6) is 0 Å². The molecule has 47 heavy (non-hydrogen) atoms. The minimum absolute atomic E-state index is 0. The van der Waals surface area contributed by atoms with Crippen LogP contribution >= 0.6 is 0 Å². The van der Waals surface area contributed by atoms with Crippen molar-refractivity contribution in [3.8, 4) is 5.69 Å². The summed E-state index contributed by atoms with van der Waals surface area (Å²) in [4.78, 5) is 49.0. The van der Waals surface area contributed by atoms with Gasteiger partial charge in [-0.3, -0.25) is 19.2 Å². The molecule has 1 heterocycles. The molecule has 1 atom stereocenters. The molecule has 12 nitrogen and oxygen atoms in total. The van der Waals surface area contributed by atoms with Crippen molar-refractivity contribution >= 4 is 29.3 Å². The van der Waals surface area contributed by atoms with Gasteiger partial charge in [-0.2, -0.15) is 5.10 Å². The Labute approximate surface area is 283 Å². The third-order valence-corrected chi connectivity index (χ3v) is 8.45. The summed E-state index contributed by atoms with van der Waals surface area (Å²) in [6.07, 6.45) is 3.95. The Balaban J connectivity index is 0.00000600. The van der Waals surface area contributed by atoms with Crippen LogP contribution in [-0.2, 0) is 30.2 Å². The first-order valence-electron chi connectivity index (χ1n) is 16.1. The van der Waals surface area contributed by atoms with Gasteiger partial charge < -0.3 is 42.2 Å². The van der Waals surface area contributed by atoms with Crippen LogP contribution in [0.2, 0.25) is 0 Å². The number of fused-ring (bicyclic) bond motifs is 1. The molecule has 0 aliphatic heterocycles. The molecule has 1 amide bonds. The molecule has 13 heteroatoms. The number of primary amides is 1. The summed E-state index contributed by atoms with van der Waals surface area (Å²) in [7, 11) is 5.89. The van der Waals surface area contributed by atoms with Gasteiger partial charge in [0.2, 0.25) is 0 Å². The van der Waals surface area contributed by atoms with E-state index in [0.717, 1.165) is 43.5 Å². The van der Waals surface area contributed by atoms with E-state index in [-0.39, 0.29) is 55.4 Å². The van der Waals surface area contributed by atoms with E-state index in [9.17, 15) is 19.2 Å². The Bertz CT molecular complexity index is 1460. The fraction of sp³-hybridized carbons (Fsp3) is 0.618. The summed E-state index contributed by atoms with van der Waals surface area (Å²) in [5.41, 5.74) is 9.69. The number of amides is 1. The highest BCUT2D eigenvalue weighted by atomic mass is 35.5. The summed E-state index contributed by atoms with van der Waals surface area (Å²) in [5, 5.41) is 8.25. The van der Waals surface area contributed by atoms with Gasteiger partial charge in [-0.25, -0.2) is 4.68 Å². The Morgan fingerprint density at radius 2 is 1.79 bits per heavy atom. The van der Waals surface area contributed by atoms with E-state index >= 15 is 0 Å². The van der Waals surface area contributed by atoms with Crippen molar-refractivity contribution in [3.05, 3.63) is 40.7 Å². The number of nitrogens with two attached hydrogens (primary N) is 1. The van der Waals surface area contributed by atoms with E-state index in [4.69, 9.17) is 25.0 Å². The number of rotatable bonds is 13. The number of ketones is 1. The molecule has 1 aromatic heterocycles. The van der Waals surface area contributed by atoms with Gasteiger partial charge in [-0.05, 0) is 62.6 Å². The number of anilines is 1. The molecule has 0 spiro atoms. The summed E-state index contributed by atoms with van der Waals surface area (Å²) in [5.74, 6) is -1.26. The van der Waals surface area contributed by atoms with Crippen LogP contribution in [0.15, 0.2) is 18.2 Å². The van der Waals surface area contributed by atoms with Crippen molar-refractivity contribution in [2.24, 2.45) is 11.1 Å². The Kier molecular flexibility index (Phi) is 12.6. The third kappa shape index (κ3) is 10.5. The minimum atomic E-state index is -0.546. The molecule has 4 rings (SSSR count). The van der Waals surface area contributed by atoms with Crippen LogP contribution in [0, 0.1) is 12.3 Å². The number of benzene rings is 1. The zero-order valence-electron chi connectivity index (χ0n) is 28.7. The molecule has 0 bridgehead atoms. The van der Waals surface area contributed by atoms with Gasteiger partial charge in [0, 0.05) is 25.1 Å². The monoisotopic (exact) mass is 675 g/mol. The first kappa shape index (κ1) is 38.0. The van der Waals surface area contributed by atoms with Gasteiger partial charge in [0.1, 0.15) is 13.2 Å². The number of Topliss-reactive ketones (excluding diaryl/α,β-unsaturated/α-hetero) is 1. The molecule has 2 aromatic rings. The SMILES string of the molecule is CC(=O)OC(CC(=O)OCCOC1CCC(Nc2cc(-n3nc(C)c4c3CC(C)(C)CC4=O)ccc2C(N)=O)CC1)C[N+](C)(C)C.[Cl-]. The average Bonchev–Trinajstić information content (AvgIpc) is 3.25. The summed E-state index contributed by atoms with van der Waals surface area (Å²) < 4.78 is 19.0. The fourth-order valence-electron chi connectivity index (χ4n) is 6.55. The molecule has 1 aromatic carbocycles. The lowest BCUT2D eigenvalue weighted by atomic mass is 9.75. The van der Waals surface area contributed by atoms with Gasteiger partial charge in [0.15, 0.2) is 11.9 Å². The van der Waals surface area contributed by atoms with E-state index in [2.05, 4.69) is 19.2 Å². The second-order valence-electron chi connectivity index (χ2n) is 14.5. The predicted octanol–water partition coefficient (Wildman–Crippen LogP) is 0.750. The molecule has 2 aliphatic carbocycles. The molecule has 1 saturated carbocycles. The number of aromatic nitrogens is 2. The number of aryl methyl sites for hydroxylation is 1. The maximum atomic E-state index is 12.9. The molecular weight excluding hydrogens is 626 g/mol. The van der Waals surface area contributed by atoms with E-state index < -0.39 is 23.9 Å². The standard InChI is InChI=1S/C34H49N5O7.ClH/c1-21-32-29(18-34(3,4)19-30(32)41)38(37-21)24-10-13-27(33(35)43)28(16-24)36-23-8-11-25(12-9-23)44-14-15-45-31(42)17-26(46-22(2)40)20-39(5,6)7;/h10,13,16,23,25-26H,8-9,11-12,14-15,17-20H2,1-7H3,(H2-,35,36,43);1H. The van der Waals surface area contributed by atoms with Crippen molar-refractivity contribution < 1.29 is 50.3 Å². The summed E-state index contributed by atoms with van der Waals surface area (Å²) >= 11 is 0. The van der Waals surface area contributed by atoms with Crippen molar-refractivity contribution in [1.29, 1.82) is 0 Å². The molecule has 3 N–H and O–H groups in total. The minimum Gasteiger partial charge on any atom is -1.00 e. The first-order chi connectivity index (χ1) is 21.5. The third-order valence-electron chi connectivity index (χ3n) is 8.45. The maximum Gasteiger partial charge on any atom is 0.309 e. The van der Waals surface area contributed by atoms with Gasteiger partial charge in [-0.15, -0.1) is 0 Å². The topological polar surface area (TPSA) is 152 Å². The number of carbonyl (C=O) groups is 4. The van der Waals surface area contributed by atoms with Gasteiger partial charge in [-0.1, -0.05) is 13.8 Å². The fourth-order valence-corrected chi connectivity index (χ4v) is 6.55. The van der Waals surface area contributed by atoms with Crippen LogP contribution in [0.3, 0.4) is 0 Å². The number of hydrogen-bond acceptors (Lipinski definition) is 9. The van der Waals surface area contributed by atoms with Crippen LogP contribution in [0.1, 0.15) is 91.4 Å². The molecule has 1 fully saturated rings. The molecule has 0 radical (unpaired) electrons. The second-order valence-corrected chi connectivity index (χ2v) is 14.5. The van der Waals surface area contributed by atoms with Gasteiger partial charge >= 0.3 is 11.9 Å². The van der Waals surface area contributed by atoms with E-state index in [0.29, 0.717) is 40.0 Å². The highest BCUT2D eigenvalue weighted by Gasteiger charge is 2.36. The Hall–Kier alpha value is -3.48. The highest BCUT2D eigenvalue weighted by molar-refractivity contribution is 6.00. The van der Waals surface area contributed by atoms with Crippen LogP contribution < -0.4 is 23.5 Å². The van der Waals surface area contributed by atoms with E-state index in [1.807, 2.05) is 44.9 Å². The van der Waals surface area contributed by atoms with Gasteiger partial charge in [0.25, 0.3) is 5.91 Å². The second kappa shape index (κ2) is 15.6. The number of likely N-dealkylation sites (N-methyl/N-ethyl adjacent to an activating group) is 1. The van der Waals surface area contributed by atoms with Crippen LogP contribution in [0.25, 0.3) is 5.69 Å². The Morgan fingerprint density at radius 3 is 2.40 bits per heavy atom. The number of nitrogens with one attached hydrogen (secondary N) is 1. The largest absolute Gasteiger partial charge is 1.00 e. The quantitative estimate of drug-likeness (QED) is 0.178. The highest BCUT2D eigenvalue weighted by Crippen LogP contribution is 2.37. The summed E-state index contributed by atoms with van der Waals surface area (Å²) in [6.45, 7) is 8.28. The average molecular weight is 676 g/mol. The van der Waals surface area contributed by atoms with Crippen molar-refractivity contribution in [1.82, 2.24) is 9.78 Å². The first-order valence-corrected chi connectivity index (χ1v) is 16.1. The maximum absolute atomic E-state index is 12.9. The Morgan fingerprint density at radius 1 is 1.11 bits per heavy atom. The predicted molar refractivity (Wildman–Crippen MR) is 173 cm³/mol.